The van der Waals surface area contributed by atoms with Crippen molar-refractivity contribution in [3.05, 3.63) is 71.8 Å². The topological polar surface area (TPSA) is 32.3 Å². The molecule has 0 aromatic heterocycles. The van der Waals surface area contributed by atoms with Gasteiger partial charge in [0.15, 0.2) is 0 Å². The van der Waals surface area contributed by atoms with E-state index in [0.717, 1.165) is 12.8 Å². The van der Waals surface area contributed by atoms with Crippen LogP contribution in [0.15, 0.2) is 60.7 Å². The molecule has 0 atom stereocenters. The zero-order valence-electron chi connectivity index (χ0n) is 12.0. The third kappa shape index (κ3) is 4.17. The standard InChI is InChI=1S/C18H20N2O/c21-18(17-11-12-17)19-20(13-15-7-3-1-4-8-15)14-16-9-5-2-6-10-16/h1-10,17H,11-14H2,(H,19,21). The molecule has 1 aliphatic rings. The van der Waals surface area contributed by atoms with Crippen molar-refractivity contribution in [1.29, 1.82) is 0 Å². The van der Waals surface area contributed by atoms with Gasteiger partial charge in [0.1, 0.15) is 0 Å². The minimum atomic E-state index is 0.155. The van der Waals surface area contributed by atoms with E-state index >= 15 is 0 Å². The van der Waals surface area contributed by atoms with Crippen LogP contribution in [0.2, 0.25) is 0 Å². The first-order valence-electron chi connectivity index (χ1n) is 7.44. The number of hydrazine groups is 1. The van der Waals surface area contributed by atoms with Crippen LogP contribution in [0.25, 0.3) is 0 Å². The molecule has 0 saturated heterocycles. The normalized spacial score (nSPS) is 14.1. The first-order chi connectivity index (χ1) is 10.3. The molecule has 108 valence electrons. The molecule has 0 bridgehead atoms. The Kier molecular flexibility index (Phi) is 4.31. The van der Waals surface area contributed by atoms with E-state index in [-0.39, 0.29) is 11.8 Å². The molecule has 0 radical (unpaired) electrons. The molecule has 1 amide bonds. The maximum atomic E-state index is 12.0. The lowest BCUT2D eigenvalue weighted by molar-refractivity contribution is -0.127. The average molecular weight is 280 g/mol. The maximum absolute atomic E-state index is 12.0. The van der Waals surface area contributed by atoms with Crippen LogP contribution < -0.4 is 5.43 Å². The van der Waals surface area contributed by atoms with E-state index in [1.54, 1.807) is 0 Å². The molecule has 3 heteroatoms. The van der Waals surface area contributed by atoms with Gasteiger partial charge >= 0.3 is 0 Å². The number of hydrogen-bond donors (Lipinski definition) is 1. The van der Waals surface area contributed by atoms with Crippen LogP contribution in [0.4, 0.5) is 0 Å². The van der Waals surface area contributed by atoms with Crippen molar-refractivity contribution in [2.45, 2.75) is 25.9 Å². The molecule has 0 aliphatic heterocycles. The highest BCUT2D eigenvalue weighted by Gasteiger charge is 2.30. The lowest BCUT2D eigenvalue weighted by Gasteiger charge is -2.23. The van der Waals surface area contributed by atoms with Gasteiger partial charge in [-0.25, -0.2) is 5.01 Å². The molecule has 1 fully saturated rings. The number of amides is 1. The highest BCUT2D eigenvalue weighted by molar-refractivity contribution is 5.80. The predicted molar refractivity (Wildman–Crippen MR) is 83.0 cm³/mol. The van der Waals surface area contributed by atoms with Gasteiger partial charge in [-0.05, 0) is 24.0 Å². The lowest BCUT2D eigenvalue weighted by Crippen LogP contribution is -2.42. The van der Waals surface area contributed by atoms with Gasteiger partial charge in [-0.15, -0.1) is 0 Å². The van der Waals surface area contributed by atoms with E-state index in [9.17, 15) is 4.79 Å². The van der Waals surface area contributed by atoms with Gasteiger partial charge in [-0.3, -0.25) is 10.2 Å². The van der Waals surface area contributed by atoms with Crippen LogP contribution in [0.1, 0.15) is 24.0 Å². The van der Waals surface area contributed by atoms with E-state index in [0.29, 0.717) is 13.1 Å². The molecular formula is C18H20N2O. The summed E-state index contributed by atoms with van der Waals surface area (Å²) in [5, 5.41) is 2.01. The number of carbonyl (C=O) groups is 1. The van der Waals surface area contributed by atoms with E-state index in [2.05, 4.69) is 29.7 Å². The van der Waals surface area contributed by atoms with Crippen molar-refractivity contribution >= 4 is 5.91 Å². The molecule has 3 rings (SSSR count). The number of rotatable bonds is 6. The smallest absolute Gasteiger partial charge is 0.237 e. The molecule has 2 aromatic carbocycles. The molecule has 2 aromatic rings. The number of hydrogen-bond acceptors (Lipinski definition) is 2. The minimum Gasteiger partial charge on any atom is -0.288 e. The molecule has 1 aliphatic carbocycles. The fourth-order valence-electron chi connectivity index (χ4n) is 2.34. The van der Waals surface area contributed by atoms with Crippen molar-refractivity contribution in [2.75, 3.05) is 0 Å². The molecular weight excluding hydrogens is 260 g/mol. The summed E-state index contributed by atoms with van der Waals surface area (Å²) in [6, 6.07) is 20.5. The number of nitrogens with zero attached hydrogens (tertiary/aromatic N) is 1. The third-order valence-electron chi connectivity index (χ3n) is 3.65. The Morgan fingerprint density at radius 2 is 1.38 bits per heavy atom. The Morgan fingerprint density at radius 3 is 1.81 bits per heavy atom. The maximum Gasteiger partial charge on any atom is 0.237 e. The molecule has 0 heterocycles. The van der Waals surface area contributed by atoms with Crippen molar-refractivity contribution in [3.63, 3.8) is 0 Å². The Morgan fingerprint density at radius 1 is 0.905 bits per heavy atom. The fraction of sp³-hybridized carbons (Fsp3) is 0.278. The van der Waals surface area contributed by atoms with Crippen LogP contribution in [-0.4, -0.2) is 10.9 Å². The summed E-state index contributed by atoms with van der Waals surface area (Å²) in [5.74, 6) is 0.376. The van der Waals surface area contributed by atoms with Gasteiger partial charge in [-0.1, -0.05) is 60.7 Å². The first kappa shape index (κ1) is 13.8. The van der Waals surface area contributed by atoms with Crippen LogP contribution in [0.5, 0.6) is 0 Å². The number of benzene rings is 2. The third-order valence-corrected chi connectivity index (χ3v) is 3.65. The summed E-state index contributed by atoms with van der Waals surface area (Å²) in [5.41, 5.74) is 5.47. The van der Waals surface area contributed by atoms with Crippen LogP contribution in [0.3, 0.4) is 0 Å². The van der Waals surface area contributed by atoms with E-state index in [1.165, 1.54) is 11.1 Å². The van der Waals surface area contributed by atoms with Crippen LogP contribution >= 0.6 is 0 Å². The van der Waals surface area contributed by atoms with Gasteiger partial charge < -0.3 is 0 Å². The summed E-state index contributed by atoms with van der Waals surface area (Å²) in [7, 11) is 0. The van der Waals surface area contributed by atoms with E-state index in [1.807, 2.05) is 41.4 Å². The molecule has 0 unspecified atom stereocenters. The SMILES string of the molecule is O=C(NN(Cc1ccccc1)Cc1ccccc1)C1CC1. The van der Waals surface area contributed by atoms with E-state index in [4.69, 9.17) is 0 Å². The fourth-order valence-corrected chi connectivity index (χ4v) is 2.34. The zero-order chi connectivity index (χ0) is 14.5. The Balaban J connectivity index is 1.68. The summed E-state index contributed by atoms with van der Waals surface area (Å²) < 4.78 is 0. The molecule has 1 saturated carbocycles. The monoisotopic (exact) mass is 280 g/mol. The van der Waals surface area contributed by atoms with E-state index < -0.39 is 0 Å². The Bertz CT molecular complexity index is 537. The number of carbonyl (C=O) groups excluding carboxylic acids is 1. The average Bonchev–Trinajstić information content (AvgIpc) is 3.34. The quantitative estimate of drug-likeness (QED) is 0.825. The second-order valence-corrected chi connectivity index (χ2v) is 5.58. The van der Waals surface area contributed by atoms with Gasteiger partial charge in [0, 0.05) is 19.0 Å². The van der Waals surface area contributed by atoms with Gasteiger partial charge in [0.25, 0.3) is 0 Å². The second-order valence-electron chi connectivity index (χ2n) is 5.58. The van der Waals surface area contributed by atoms with Crippen molar-refractivity contribution in [1.82, 2.24) is 10.4 Å². The highest BCUT2D eigenvalue weighted by atomic mass is 16.2. The Labute approximate surface area is 125 Å². The summed E-state index contributed by atoms with van der Waals surface area (Å²) >= 11 is 0. The summed E-state index contributed by atoms with van der Waals surface area (Å²) in [6.45, 7) is 1.43. The zero-order valence-corrected chi connectivity index (χ0v) is 12.0. The number of nitrogens with one attached hydrogen (secondary N) is 1. The van der Waals surface area contributed by atoms with Crippen LogP contribution in [-0.2, 0) is 17.9 Å². The van der Waals surface area contributed by atoms with Crippen LogP contribution in [0, 0.1) is 5.92 Å². The van der Waals surface area contributed by atoms with Crippen molar-refractivity contribution in [2.24, 2.45) is 5.92 Å². The first-order valence-corrected chi connectivity index (χ1v) is 7.44. The summed E-state index contributed by atoms with van der Waals surface area (Å²) in [6.07, 6.45) is 2.05. The second kappa shape index (κ2) is 6.55. The molecule has 1 N–H and O–H groups in total. The molecule has 21 heavy (non-hydrogen) atoms. The molecule has 3 nitrogen and oxygen atoms in total. The predicted octanol–water partition coefficient (Wildman–Crippen LogP) is 3.13. The van der Waals surface area contributed by atoms with Crippen molar-refractivity contribution in [3.8, 4) is 0 Å². The highest BCUT2D eigenvalue weighted by Crippen LogP contribution is 2.29. The van der Waals surface area contributed by atoms with Gasteiger partial charge in [0.2, 0.25) is 5.91 Å². The Hall–Kier alpha value is -2.13. The van der Waals surface area contributed by atoms with Crippen molar-refractivity contribution < 1.29 is 4.79 Å². The van der Waals surface area contributed by atoms with Gasteiger partial charge in [-0.2, -0.15) is 0 Å². The lowest BCUT2D eigenvalue weighted by atomic mass is 10.2. The molecule has 0 spiro atoms. The van der Waals surface area contributed by atoms with Gasteiger partial charge in [0.05, 0.1) is 0 Å². The largest absolute Gasteiger partial charge is 0.288 e. The minimum absolute atomic E-state index is 0.155. The summed E-state index contributed by atoms with van der Waals surface area (Å²) in [4.78, 5) is 12.0.